The molecule has 1 unspecified atom stereocenters. The van der Waals surface area contributed by atoms with Gasteiger partial charge < -0.3 is 10.6 Å². The second-order valence-electron chi connectivity index (χ2n) is 5.13. The summed E-state index contributed by atoms with van der Waals surface area (Å²) in [4.78, 5) is 11.8. The molecule has 0 saturated carbocycles. The van der Waals surface area contributed by atoms with Crippen LogP contribution in [-0.2, 0) is 6.18 Å². The van der Waals surface area contributed by atoms with Gasteiger partial charge in [0.2, 0.25) is 0 Å². The van der Waals surface area contributed by atoms with Gasteiger partial charge in [-0.1, -0.05) is 0 Å². The number of nitrogens with one attached hydrogen (secondary N) is 2. The van der Waals surface area contributed by atoms with Gasteiger partial charge in [0, 0.05) is 12.1 Å². The van der Waals surface area contributed by atoms with Gasteiger partial charge in [0.05, 0.1) is 5.56 Å². The number of alkyl halides is 3. The van der Waals surface area contributed by atoms with E-state index in [1.165, 1.54) is 0 Å². The van der Waals surface area contributed by atoms with E-state index in [1.807, 2.05) is 0 Å². The van der Waals surface area contributed by atoms with Crippen LogP contribution < -0.4 is 10.6 Å². The minimum atomic E-state index is -4.67. The van der Waals surface area contributed by atoms with E-state index in [9.17, 15) is 22.4 Å². The normalized spacial score (nSPS) is 18.8. The molecule has 0 aliphatic carbocycles. The zero-order valence-electron chi connectivity index (χ0n) is 11.3. The summed E-state index contributed by atoms with van der Waals surface area (Å²) in [5.74, 6) is -1.30. The Hall–Kier alpha value is -1.63. The highest BCUT2D eigenvalue weighted by molar-refractivity contribution is 5.94. The van der Waals surface area contributed by atoms with Crippen molar-refractivity contribution < 1.29 is 22.4 Å². The first-order valence-electron chi connectivity index (χ1n) is 6.73. The molecule has 1 aromatic rings. The fraction of sp³-hybridized carbons (Fsp3) is 0.500. The van der Waals surface area contributed by atoms with Gasteiger partial charge >= 0.3 is 6.18 Å². The lowest BCUT2D eigenvalue weighted by Crippen LogP contribution is -2.27. The average molecular weight is 304 g/mol. The predicted molar refractivity (Wildman–Crippen MR) is 69.3 cm³/mol. The van der Waals surface area contributed by atoms with Crippen molar-refractivity contribution >= 4 is 5.91 Å². The molecule has 1 aliphatic heterocycles. The minimum Gasteiger partial charge on any atom is -0.352 e. The van der Waals surface area contributed by atoms with Crippen molar-refractivity contribution in [2.24, 2.45) is 5.92 Å². The highest BCUT2D eigenvalue weighted by atomic mass is 19.4. The summed E-state index contributed by atoms with van der Waals surface area (Å²) in [6.45, 7) is 2.19. The molecule has 0 radical (unpaired) electrons. The highest BCUT2D eigenvalue weighted by Gasteiger charge is 2.32. The van der Waals surface area contributed by atoms with E-state index < -0.39 is 23.5 Å². The molecule has 1 aromatic carbocycles. The highest BCUT2D eigenvalue weighted by Crippen LogP contribution is 2.30. The van der Waals surface area contributed by atoms with Crippen LogP contribution in [0.15, 0.2) is 18.2 Å². The molecule has 1 aliphatic rings. The number of carbonyl (C=O) groups excluding carboxylic acids is 1. The van der Waals surface area contributed by atoms with E-state index in [4.69, 9.17) is 0 Å². The van der Waals surface area contributed by atoms with Gasteiger partial charge in [0.25, 0.3) is 5.91 Å². The van der Waals surface area contributed by atoms with Crippen LogP contribution in [0.25, 0.3) is 0 Å². The van der Waals surface area contributed by atoms with Crippen molar-refractivity contribution in [3.8, 4) is 0 Å². The largest absolute Gasteiger partial charge is 0.416 e. The second-order valence-corrected chi connectivity index (χ2v) is 5.13. The van der Waals surface area contributed by atoms with Gasteiger partial charge in [0.1, 0.15) is 5.82 Å². The van der Waals surface area contributed by atoms with Crippen LogP contribution in [-0.4, -0.2) is 25.5 Å². The zero-order chi connectivity index (χ0) is 15.5. The third kappa shape index (κ3) is 4.42. The number of halogens is 4. The van der Waals surface area contributed by atoms with E-state index in [0.29, 0.717) is 24.6 Å². The van der Waals surface area contributed by atoms with Gasteiger partial charge in [-0.05, 0) is 50.0 Å². The van der Waals surface area contributed by atoms with Crippen molar-refractivity contribution in [1.29, 1.82) is 0 Å². The van der Waals surface area contributed by atoms with E-state index in [1.54, 1.807) is 0 Å². The number of hydrogen-bond acceptors (Lipinski definition) is 2. The van der Waals surface area contributed by atoms with E-state index >= 15 is 0 Å². The summed E-state index contributed by atoms with van der Waals surface area (Å²) in [7, 11) is 0. The maximum atomic E-state index is 13.2. The van der Waals surface area contributed by atoms with Crippen molar-refractivity contribution in [3.05, 3.63) is 35.1 Å². The fourth-order valence-corrected chi connectivity index (χ4v) is 2.34. The second kappa shape index (κ2) is 6.43. The topological polar surface area (TPSA) is 41.1 Å². The van der Waals surface area contributed by atoms with E-state index in [-0.39, 0.29) is 5.56 Å². The standard InChI is InChI=1S/C14H16F4N2O/c15-12-6-10(5-11(7-12)14(16,17)18)13(21)20-4-2-9-1-3-19-8-9/h5-7,9,19H,1-4,8H2,(H,20,21). The number of hydrogen-bond donors (Lipinski definition) is 2. The molecule has 1 atom stereocenters. The summed E-state index contributed by atoms with van der Waals surface area (Å²) in [6, 6.07) is 1.85. The molecule has 116 valence electrons. The van der Waals surface area contributed by atoms with Crippen LogP contribution in [0, 0.1) is 11.7 Å². The van der Waals surface area contributed by atoms with Gasteiger partial charge in [-0.25, -0.2) is 4.39 Å². The van der Waals surface area contributed by atoms with E-state index in [0.717, 1.165) is 32.0 Å². The number of benzene rings is 1. The summed E-state index contributed by atoms with van der Waals surface area (Å²) >= 11 is 0. The van der Waals surface area contributed by atoms with Crippen LogP contribution in [0.2, 0.25) is 0 Å². The van der Waals surface area contributed by atoms with Crippen LogP contribution in [0.5, 0.6) is 0 Å². The monoisotopic (exact) mass is 304 g/mol. The smallest absolute Gasteiger partial charge is 0.352 e. The molecule has 0 bridgehead atoms. The molecule has 7 heteroatoms. The first kappa shape index (κ1) is 15.8. The zero-order valence-corrected chi connectivity index (χ0v) is 11.3. The molecular formula is C14H16F4N2O. The summed E-state index contributed by atoms with van der Waals surface area (Å²) in [6.07, 6.45) is -2.90. The van der Waals surface area contributed by atoms with Gasteiger partial charge in [-0.15, -0.1) is 0 Å². The van der Waals surface area contributed by atoms with Crippen LogP contribution in [0.1, 0.15) is 28.8 Å². The first-order chi connectivity index (χ1) is 9.86. The van der Waals surface area contributed by atoms with Gasteiger partial charge in [-0.3, -0.25) is 4.79 Å². The molecule has 2 rings (SSSR count). The SMILES string of the molecule is O=C(NCCC1CCNC1)c1cc(F)cc(C(F)(F)F)c1. The Morgan fingerprint density at radius 2 is 2.10 bits per heavy atom. The van der Waals surface area contributed by atoms with Crippen LogP contribution in [0.4, 0.5) is 17.6 Å². The molecule has 1 heterocycles. The van der Waals surface area contributed by atoms with Crippen LogP contribution >= 0.6 is 0 Å². The van der Waals surface area contributed by atoms with E-state index in [2.05, 4.69) is 10.6 Å². The Kier molecular flexibility index (Phi) is 4.82. The lowest BCUT2D eigenvalue weighted by molar-refractivity contribution is -0.137. The maximum Gasteiger partial charge on any atom is 0.416 e. The molecule has 21 heavy (non-hydrogen) atoms. The Labute approximate surface area is 119 Å². The molecule has 0 aromatic heterocycles. The fourth-order valence-electron chi connectivity index (χ4n) is 2.34. The summed E-state index contributed by atoms with van der Waals surface area (Å²) < 4.78 is 50.9. The predicted octanol–water partition coefficient (Wildman–Crippen LogP) is 2.57. The molecule has 1 fully saturated rings. The number of rotatable bonds is 4. The third-order valence-electron chi connectivity index (χ3n) is 3.49. The van der Waals surface area contributed by atoms with Crippen molar-refractivity contribution in [1.82, 2.24) is 10.6 Å². The first-order valence-corrected chi connectivity index (χ1v) is 6.73. The number of carbonyl (C=O) groups is 1. The van der Waals surface area contributed by atoms with Crippen molar-refractivity contribution in [3.63, 3.8) is 0 Å². The molecule has 1 saturated heterocycles. The number of amides is 1. The van der Waals surface area contributed by atoms with Crippen molar-refractivity contribution in [2.45, 2.75) is 19.0 Å². The van der Waals surface area contributed by atoms with Crippen LogP contribution in [0.3, 0.4) is 0 Å². The van der Waals surface area contributed by atoms with Gasteiger partial charge in [-0.2, -0.15) is 13.2 Å². The maximum absolute atomic E-state index is 13.2. The molecule has 1 amide bonds. The lowest BCUT2D eigenvalue weighted by atomic mass is 10.0. The minimum absolute atomic E-state index is 0.313. The van der Waals surface area contributed by atoms with Gasteiger partial charge in [0.15, 0.2) is 0 Å². The quantitative estimate of drug-likeness (QED) is 0.840. The molecular weight excluding hydrogens is 288 g/mol. The lowest BCUT2D eigenvalue weighted by Gasteiger charge is -2.11. The molecule has 3 nitrogen and oxygen atoms in total. The Morgan fingerprint density at radius 3 is 2.71 bits per heavy atom. The molecule has 0 spiro atoms. The third-order valence-corrected chi connectivity index (χ3v) is 3.49. The Bertz CT molecular complexity index is 510. The van der Waals surface area contributed by atoms with Crippen molar-refractivity contribution in [2.75, 3.05) is 19.6 Å². The Balaban J connectivity index is 1.96. The summed E-state index contributed by atoms with van der Waals surface area (Å²) in [5, 5.41) is 5.72. The average Bonchev–Trinajstić information content (AvgIpc) is 2.90. The Morgan fingerprint density at radius 1 is 1.33 bits per heavy atom. The summed E-state index contributed by atoms with van der Waals surface area (Å²) in [5.41, 5.74) is -1.47. The molecule has 2 N–H and O–H groups in total.